The lowest BCUT2D eigenvalue weighted by Gasteiger charge is -2.32. The number of carbonyl (C=O) groups excluding carboxylic acids is 1. The van der Waals surface area contributed by atoms with Gasteiger partial charge in [0, 0.05) is 37.8 Å². The predicted octanol–water partition coefficient (Wildman–Crippen LogP) is 3.98. The van der Waals surface area contributed by atoms with Crippen LogP contribution in [0.15, 0.2) is 54.6 Å². The van der Waals surface area contributed by atoms with Crippen molar-refractivity contribution < 1.29 is 9.53 Å². The molecule has 1 heterocycles. The van der Waals surface area contributed by atoms with Gasteiger partial charge in [0.1, 0.15) is 5.75 Å². The number of anilines is 1. The molecule has 0 aromatic heterocycles. The first-order chi connectivity index (χ1) is 12.7. The third-order valence-electron chi connectivity index (χ3n) is 5.07. The van der Waals surface area contributed by atoms with Gasteiger partial charge in [-0.25, -0.2) is 0 Å². The molecule has 3 rings (SSSR count). The van der Waals surface area contributed by atoms with E-state index in [0.717, 1.165) is 43.8 Å². The van der Waals surface area contributed by atoms with Crippen molar-refractivity contribution >= 4 is 11.6 Å². The molecular formula is C22H28N2O2. The molecular weight excluding hydrogens is 324 g/mol. The fourth-order valence-corrected chi connectivity index (χ4v) is 3.54. The van der Waals surface area contributed by atoms with Gasteiger partial charge >= 0.3 is 0 Å². The fraction of sp³-hybridized carbons (Fsp3) is 0.409. The van der Waals surface area contributed by atoms with Crippen molar-refractivity contribution in [1.29, 1.82) is 0 Å². The number of methoxy groups -OCH3 is 1. The molecule has 0 atom stereocenters. The Balaban J connectivity index is 1.38. The molecule has 1 N–H and O–H groups in total. The largest absolute Gasteiger partial charge is 0.497 e. The molecule has 4 nitrogen and oxygen atoms in total. The number of nitrogens with one attached hydrogen (secondary N) is 1. The Labute approximate surface area is 156 Å². The summed E-state index contributed by atoms with van der Waals surface area (Å²) in [4.78, 5) is 14.5. The Kier molecular flexibility index (Phi) is 6.53. The van der Waals surface area contributed by atoms with Gasteiger partial charge in [0.2, 0.25) is 5.91 Å². The number of carbonyl (C=O) groups is 1. The number of hydrogen-bond donors (Lipinski definition) is 1. The summed E-state index contributed by atoms with van der Waals surface area (Å²) in [6, 6.07) is 18.4. The lowest BCUT2D eigenvalue weighted by molar-refractivity contribution is -0.132. The normalized spacial score (nSPS) is 14.9. The average Bonchev–Trinajstić information content (AvgIpc) is 2.69. The second-order valence-corrected chi connectivity index (χ2v) is 6.92. The van der Waals surface area contributed by atoms with Crippen LogP contribution in [0, 0.1) is 5.92 Å². The Hall–Kier alpha value is -2.49. The van der Waals surface area contributed by atoms with Gasteiger partial charge in [0.15, 0.2) is 0 Å². The first kappa shape index (κ1) is 18.3. The summed E-state index contributed by atoms with van der Waals surface area (Å²) in [7, 11) is 1.66. The summed E-state index contributed by atoms with van der Waals surface area (Å²) in [5.41, 5.74) is 2.39. The molecule has 2 aromatic rings. The lowest BCUT2D eigenvalue weighted by Crippen LogP contribution is -2.39. The van der Waals surface area contributed by atoms with Crippen LogP contribution < -0.4 is 10.1 Å². The number of benzene rings is 2. The highest BCUT2D eigenvalue weighted by molar-refractivity contribution is 5.76. The van der Waals surface area contributed by atoms with Crippen LogP contribution in [0.4, 0.5) is 5.69 Å². The topological polar surface area (TPSA) is 41.6 Å². The maximum absolute atomic E-state index is 12.4. The second-order valence-electron chi connectivity index (χ2n) is 6.92. The summed E-state index contributed by atoms with van der Waals surface area (Å²) in [6.45, 7) is 2.42. The van der Waals surface area contributed by atoms with E-state index in [4.69, 9.17) is 4.74 Å². The molecule has 1 amide bonds. The Bertz CT molecular complexity index is 694. The van der Waals surface area contributed by atoms with E-state index in [0.29, 0.717) is 18.9 Å². The molecule has 1 saturated heterocycles. The van der Waals surface area contributed by atoms with Crippen molar-refractivity contribution in [3.05, 3.63) is 60.2 Å². The van der Waals surface area contributed by atoms with E-state index in [1.807, 2.05) is 29.2 Å². The minimum atomic E-state index is 0.249. The number of amides is 1. The Morgan fingerprint density at radius 2 is 1.88 bits per heavy atom. The van der Waals surface area contributed by atoms with Gasteiger partial charge in [0.05, 0.1) is 7.11 Å². The molecule has 1 aliphatic heterocycles. The minimum absolute atomic E-state index is 0.249. The standard InChI is InChI=1S/C22H28N2O2/c1-26-21-9-5-8-20(17-21)23-13-10-22(25)24-14-11-19(12-15-24)16-18-6-3-2-4-7-18/h2-9,17,19,23H,10-16H2,1H3. The van der Waals surface area contributed by atoms with E-state index in [9.17, 15) is 4.79 Å². The van der Waals surface area contributed by atoms with Gasteiger partial charge in [-0.3, -0.25) is 4.79 Å². The van der Waals surface area contributed by atoms with Crippen molar-refractivity contribution in [3.8, 4) is 5.75 Å². The number of hydrogen-bond acceptors (Lipinski definition) is 3. The van der Waals surface area contributed by atoms with Crippen molar-refractivity contribution in [2.24, 2.45) is 5.92 Å². The van der Waals surface area contributed by atoms with Crippen LogP contribution in [0.2, 0.25) is 0 Å². The number of likely N-dealkylation sites (tertiary alicyclic amines) is 1. The SMILES string of the molecule is COc1cccc(NCCC(=O)N2CCC(Cc3ccccc3)CC2)c1. The summed E-state index contributed by atoms with van der Waals surface area (Å²) in [5.74, 6) is 1.76. The highest BCUT2D eigenvalue weighted by Crippen LogP contribution is 2.22. The summed E-state index contributed by atoms with van der Waals surface area (Å²) in [6.07, 6.45) is 3.86. The van der Waals surface area contributed by atoms with Crippen molar-refractivity contribution in [2.75, 3.05) is 32.1 Å². The van der Waals surface area contributed by atoms with Gasteiger partial charge in [-0.2, -0.15) is 0 Å². The molecule has 0 saturated carbocycles. The molecule has 1 aliphatic rings. The van der Waals surface area contributed by atoms with Crippen LogP contribution in [0.25, 0.3) is 0 Å². The van der Waals surface area contributed by atoms with Gasteiger partial charge in [-0.05, 0) is 42.9 Å². The lowest BCUT2D eigenvalue weighted by atomic mass is 9.90. The highest BCUT2D eigenvalue weighted by Gasteiger charge is 2.22. The molecule has 0 bridgehead atoms. The smallest absolute Gasteiger partial charge is 0.224 e. The summed E-state index contributed by atoms with van der Waals surface area (Å²) < 4.78 is 5.21. The predicted molar refractivity (Wildman–Crippen MR) is 106 cm³/mol. The highest BCUT2D eigenvalue weighted by atomic mass is 16.5. The molecule has 1 fully saturated rings. The van der Waals surface area contributed by atoms with Crippen LogP contribution in [-0.4, -0.2) is 37.6 Å². The second kappa shape index (κ2) is 9.27. The van der Waals surface area contributed by atoms with Crippen LogP contribution in [-0.2, 0) is 11.2 Å². The van der Waals surface area contributed by atoms with E-state index in [1.165, 1.54) is 5.56 Å². The Morgan fingerprint density at radius 3 is 2.62 bits per heavy atom. The zero-order chi connectivity index (χ0) is 18.2. The third kappa shape index (κ3) is 5.25. The number of piperidine rings is 1. The minimum Gasteiger partial charge on any atom is -0.497 e. The van der Waals surface area contributed by atoms with E-state index < -0.39 is 0 Å². The molecule has 0 aliphatic carbocycles. The number of nitrogens with zero attached hydrogens (tertiary/aromatic N) is 1. The van der Waals surface area contributed by atoms with E-state index >= 15 is 0 Å². The Morgan fingerprint density at radius 1 is 1.12 bits per heavy atom. The first-order valence-corrected chi connectivity index (χ1v) is 9.44. The summed E-state index contributed by atoms with van der Waals surface area (Å²) in [5, 5.41) is 3.30. The van der Waals surface area contributed by atoms with Gasteiger partial charge in [-0.1, -0.05) is 36.4 Å². The third-order valence-corrected chi connectivity index (χ3v) is 5.07. The monoisotopic (exact) mass is 352 g/mol. The fourth-order valence-electron chi connectivity index (χ4n) is 3.54. The first-order valence-electron chi connectivity index (χ1n) is 9.44. The van der Waals surface area contributed by atoms with Crippen LogP contribution in [0.3, 0.4) is 0 Å². The van der Waals surface area contributed by atoms with Crippen LogP contribution >= 0.6 is 0 Å². The van der Waals surface area contributed by atoms with E-state index in [1.54, 1.807) is 7.11 Å². The quantitative estimate of drug-likeness (QED) is 0.819. The molecule has 4 heteroatoms. The zero-order valence-corrected chi connectivity index (χ0v) is 15.5. The van der Waals surface area contributed by atoms with Crippen LogP contribution in [0.5, 0.6) is 5.75 Å². The molecule has 2 aromatic carbocycles. The van der Waals surface area contributed by atoms with Crippen LogP contribution in [0.1, 0.15) is 24.8 Å². The van der Waals surface area contributed by atoms with E-state index in [2.05, 4.69) is 35.6 Å². The average molecular weight is 352 g/mol. The number of rotatable bonds is 7. The van der Waals surface area contributed by atoms with Crippen molar-refractivity contribution in [2.45, 2.75) is 25.7 Å². The maximum Gasteiger partial charge on any atom is 0.224 e. The molecule has 0 unspecified atom stereocenters. The zero-order valence-electron chi connectivity index (χ0n) is 15.5. The van der Waals surface area contributed by atoms with Gasteiger partial charge in [-0.15, -0.1) is 0 Å². The summed E-state index contributed by atoms with van der Waals surface area (Å²) >= 11 is 0. The van der Waals surface area contributed by atoms with Gasteiger partial charge in [0.25, 0.3) is 0 Å². The number of ether oxygens (including phenoxy) is 1. The molecule has 26 heavy (non-hydrogen) atoms. The van der Waals surface area contributed by atoms with Gasteiger partial charge < -0.3 is 15.0 Å². The van der Waals surface area contributed by atoms with Crippen molar-refractivity contribution in [3.63, 3.8) is 0 Å². The molecule has 138 valence electrons. The maximum atomic E-state index is 12.4. The molecule has 0 spiro atoms. The van der Waals surface area contributed by atoms with E-state index in [-0.39, 0.29) is 5.91 Å². The molecule has 0 radical (unpaired) electrons. The van der Waals surface area contributed by atoms with Crippen molar-refractivity contribution in [1.82, 2.24) is 4.90 Å².